The molecule has 11 heavy (non-hydrogen) atoms. The lowest BCUT2D eigenvalue weighted by Crippen LogP contribution is -2.13. The molecule has 1 fully saturated rings. The third-order valence-electron chi connectivity index (χ3n) is 1.14. The van der Waals surface area contributed by atoms with Crippen LogP contribution in [-0.2, 0) is 0 Å². The van der Waals surface area contributed by atoms with Gasteiger partial charge in [0.05, 0.1) is 12.5 Å². The molecule has 1 aromatic heterocycles. The second kappa shape index (κ2) is 3.01. The molecular weight excluding hydrogens is 136 g/mol. The standard InChI is InChI=1S/C9H12N2/c1-2-6-10-8(4-1)9-5-3-7-11-9/h1-2,4,6,9,11H,3,5,7H2/i1D,2D,3D2,4D,5D2,6D,7D2,9D. The summed E-state index contributed by atoms with van der Waals surface area (Å²) >= 11 is 0. The van der Waals surface area contributed by atoms with Crippen molar-refractivity contribution in [3.63, 3.8) is 0 Å². The Hall–Kier alpha value is -0.890. The number of pyridine rings is 1. The third kappa shape index (κ3) is 1.40. The van der Waals surface area contributed by atoms with E-state index in [0.29, 0.717) is 0 Å². The molecule has 2 nitrogen and oxygen atoms in total. The van der Waals surface area contributed by atoms with Crippen LogP contribution in [0.15, 0.2) is 24.3 Å². The molecule has 0 radical (unpaired) electrons. The summed E-state index contributed by atoms with van der Waals surface area (Å²) in [5, 5.41) is 1.86. The highest BCUT2D eigenvalue weighted by Crippen LogP contribution is 2.19. The minimum absolute atomic E-state index is 0.679. The molecule has 1 unspecified atom stereocenters. The monoisotopic (exact) mass is 159 g/mol. The second-order valence-electron chi connectivity index (χ2n) is 1.82. The van der Waals surface area contributed by atoms with Crippen LogP contribution in [0.3, 0.4) is 0 Å². The zero-order valence-corrected chi connectivity index (χ0v) is 5.45. The lowest BCUT2D eigenvalue weighted by Gasteiger charge is -2.07. The van der Waals surface area contributed by atoms with Crippen molar-refractivity contribution in [2.45, 2.75) is 18.8 Å². The zero-order chi connectivity index (χ0) is 17.3. The normalized spacial score (nSPS) is 58.7. The van der Waals surface area contributed by atoms with Crippen molar-refractivity contribution in [2.24, 2.45) is 0 Å². The fourth-order valence-corrected chi connectivity index (χ4v) is 0.686. The first-order valence-electron chi connectivity index (χ1n) is 8.45. The van der Waals surface area contributed by atoms with Gasteiger partial charge in [-0.15, -0.1) is 0 Å². The van der Waals surface area contributed by atoms with Crippen LogP contribution in [0.2, 0.25) is 0 Å². The maximum absolute atomic E-state index is 8.16. The van der Waals surface area contributed by atoms with Crippen LogP contribution in [0.5, 0.6) is 0 Å². The summed E-state index contributed by atoms with van der Waals surface area (Å²) in [6.07, 6.45) is -7.04. The number of hydrogen-bond donors (Lipinski definition) is 1. The van der Waals surface area contributed by atoms with E-state index in [4.69, 9.17) is 15.1 Å². The lowest BCUT2D eigenvalue weighted by molar-refractivity contribution is 0.628. The van der Waals surface area contributed by atoms with Crippen molar-refractivity contribution in [2.75, 3.05) is 6.50 Å². The Morgan fingerprint density at radius 2 is 2.82 bits per heavy atom. The summed E-state index contributed by atoms with van der Waals surface area (Å²) < 4.78 is 84.4. The highest BCUT2D eigenvalue weighted by Gasteiger charge is 2.15. The summed E-state index contributed by atoms with van der Waals surface area (Å²) in [4.78, 5) is 3.46. The van der Waals surface area contributed by atoms with Crippen LogP contribution < -0.4 is 5.32 Å². The number of hydrogen-bond acceptors (Lipinski definition) is 2. The molecular formula is C9H12N2. The summed E-state index contributed by atoms with van der Waals surface area (Å²) in [6.45, 7) is -2.93. The van der Waals surface area contributed by atoms with Gasteiger partial charge in [-0.05, 0) is 31.3 Å². The average molecular weight is 159 g/mol. The Kier molecular flexibility index (Phi) is 0.470. The third-order valence-corrected chi connectivity index (χ3v) is 1.14. The maximum atomic E-state index is 8.16. The van der Waals surface area contributed by atoms with Gasteiger partial charge < -0.3 is 5.32 Å². The minimum atomic E-state index is -3.14. The van der Waals surface area contributed by atoms with E-state index in [9.17, 15) is 0 Å². The molecule has 1 atom stereocenters. The van der Waals surface area contributed by atoms with Gasteiger partial charge in [0, 0.05) is 20.4 Å². The fourth-order valence-electron chi connectivity index (χ4n) is 0.686. The van der Waals surface area contributed by atoms with Gasteiger partial charge >= 0.3 is 0 Å². The first-order valence-corrected chi connectivity index (χ1v) is 2.95. The van der Waals surface area contributed by atoms with E-state index in [-0.39, 0.29) is 0 Å². The van der Waals surface area contributed by atoms with E-state index in [1.165, 1.54) is 0 Å². The summed E-state index contributed by atoms with van der Waals surface area (Å²) in [7, 11) is 0. The van der Waals surface area contributed by atoms with E-state index in [1.807, 2.05) is 5.32 Å². The minimum Gasteiger partial charge on any atom is -0.309 e. The summed E-state index contributed by atoms with van der Waals surface area (Å²) in [6, 6.07) is -5.08. The predicted molar refractivity (Wildman–Crippen MR) is 44.2 cm³/mol. The fraction of sp³-hybridized carbons (Fsp3) is 0.444. The SMILES string of the molecule is [2H]c1nc(C2([2H])NC([2H])([2H])C([2H])([2H])C2([2H])[2H])c([2H])c([2H])c1[2H]. The Morgan fingerprint density at radius 3 is 3.64 bits per heavy atom. The lowest BCUT2D eigenvalue weighted by atomic mass is 10.1. The zero-order valence-electron chi connectivity index (χ0n) is 16.4. The van der Waals surface area contributed by atoms with Crippen LogP contribution in [0.1, 0.15) is 39.5 Å². The molecule has 0 amide bonds. The molecule has 58 valence electrons. The first-order chi connectivity index (χ1) is 9.71. The quantitative estimate of drug-likeness (QED) is 0.672. The molecule has 2 heteroatoms. The average Bonchev–Trinajstić information content (AvgIpc) is 2.47. The van der Waals surface area contributed by atoms with Crippen molar-refractivity contribution < 1.29 is 15.1 Å². The molecule has 0 aromatic carbocycles. The maximum Gasteiger partial charge on any atom is 0.0840 e. The Morgan fingerprint density at radius 1 is 1.82 bits per heavy atom. The molecule has 1 N–H and O–H groups in total. The van der Waals surface area contributed by atoms with Gasteiger partial charge in [0.15, 0.2) is 0 Å². The molecule has 2 heterocycles. The number of aromatic nitrogens is 1. The van der Waals surface area contributed by atoms with Crippen molar-refractivity contribution in [3.8, 4) is 0 Å². The smallest absolute Gasteiger partial charge is 0.0840 e. The molecule has 0 bridgehead atoms. The first kappa shape index (κ1) is 1.72. The van der Waals surface area contributed by atoms with E-state index in [0.717, 1.165) is 0 Å². The largest absolute Gasteiger partial charge is 0.309 e. The van der Waals surface area contributed by atoms with E-state index >= 15 is 0 Å². The van der Waals surface area contributed by atoms with Crippen LogP contribution in [0, 0.1) is 0 Å². The molecule has 1 saturated heterocycles. The molecule has 0 saturated carbocycles. The van der Waals surface area contributed by atoms with Crippen molar-refractivity contribution in [1.29, 1.82) is 0 Å². The van der Waals surface area contributed by atoms with Crippen LogP contribution >= 0.6 is 0 Å². The van der Waals surface area contributed by atoms with Gasteiger partial charge in [-0.25, -0.2) is 0 Å². The molecule has 0 aliphatic carbocycles. The molecule has 1 aliphatic heterocycles. The van der Waals surface area contributed by atoms with E-state index < -0.39 is 55.3 Å². The van der Waals surface area contributed by atoms with Crippen molar-refractivity contribution in [3.05, 3.63) is 30.0 Å². The van der Waals surface area contributed by atoms with Gasteiger partial charge in [-0.3, -0.25) is 4.98 Å². The summed E-state index contributed by atoms with van der Waals surface area (Å²) in [5.74, 6) is 0. The Labute approximate surface area is 82.1 Å². The number of rotatable bonds is 1. The van der Waals surface area contributed by atoms with Gasteiger partial charge in [-0.1, -0.05) is 6.04 Å². The van der Waals surface area contributed by atoms with Crippen molar-refractivity contribution >= 4 is 0 Å². The van der Waals surface area contributed by atoms with Crippen LogP contribution in [0.4, 0.5) is 0 Å². The Balaban J connectivity index is 2.78. The topological polar surface area (TPSA) is 24.9 Å². The van der Waals surface area contributed by atoms with Gasteiger partial charge in [0.2, 0.25) is 0 Å². The van der Waals surface area contributed by atoms with Gasteiger partial charge in [0.1, 0.15) is 0 Å². The predicted octanol–water partition coefficient (Wildman–Crippen LogP) is 1.51. The molecule has 0 spiro atoms. The highest BCUT2D eigenvalue weighted by atomic mass is 15.0. The Bertz CT molecular complexity index is 643. The van der Waals surface area contributed by atoms with Gasteiger partial charge in [0.25, 0.3) is 0 Å². The molecule has 1 aromatic rings. The second-order valence-corrected chi connectivity index (χ2v) is 1.82. The number of nitrogens with one attached hydrogen (secondary N) is 1. The number of nitrogens with zero attached hydrogens (tertiary/aromatic N) is 1. The van der Waals surface area contributed by atoms with E-state index in [2.05, 4.69) is 4.98 Å². The molecule has 1 aliphatic rings. The summed E-state index contributed by atoms with van der Waals surface area (Å²) in [5.41, 5.74) is -0.797. The van der Waals surface area contributed by atoms with Crippen LogP contribution in [0.25, 0.3) is 0 Å². The highest BCUT2D eigenvalue weighted by molar-refractivity contribution is 5.09. The molecule has 2 rings (SSSR count). The van der Waals surface area contributed by atoms with Crippen LogP contribution in [-0.4, -0.2) is 11.5 Å². The van der Waals surface area contributed by atoms with Crippen molar-refractivity contribution in [1.82, 2.24) is 10.3 Å². The van der Waals surface area contributed by atoms with E-state index in [1.54, 1.807) is 0 Å². The van der Waals surface area contributed by atoms with Gasteiger partial charge in [-0.2, -0.15) is 0 Å².